The zero-order valence-corrected chi connectivity index (χ0v) is 20.6. The third-order valence-corrected chi connectivity index (χ3v) is 5.87. The second kappa shape index (κ2) is 11.8. The number of hydrogen-bond donors (Lipinski definition) is 2. The number of nitrogens with one attached hydrogen (secondary N) is 2. The van der Waals surface area contributed by atoms with Crippen molar-refractivity contribution in [3.8, 4) is 5.75 Å². The van der Waals surface area contributed by atoms with Crippen molar-refractivity contribution >= 4 is 17.6 Å². The highest BCUT2D eigenvalue weighted by atomic mass is 19.4. The van der Waals surface area contributed by atoms with Gasteiger partial charge >= 0.3 is 12.3 Å². The summed E-state index contributed by atoms with van der Waals surface area (Å²) in [4.78, 5) is 25.9. The number of carbonyl (C=O) groups is 2. The van der Waals surface area contributed by atoms with Gasteiger partial charge in [-0.15, -0.1) is 13.2 Å². The maximum Gasteiger partial charge on any atom is 0.573 e. The number of ether oxygens (including phenoxy) is 2. The van der Waals surface area contributed by atoms with Crippen LogP contribution in [-0.2, 0) is 14.3 Å². The van der Waals surface area contributed by atoms with Gasteiger partial charge in [-0.3, -0.25) is 9.59 Å². The van der Waals surface area contributed by atoms with Crippen molar-refractivity contribution in [2.24, 2.45) is 17.8 Å². The fourth-order valence-corrected chi connectivity index (χ4v) is 4.15. The van der Waals surface area contributed by atoms with Gasteiger partial charge in [0.25, 0.3) is 0 Å². The van der Waals surface area contributed by atoms with E-state index in [1.807, 2.05) is 6.92 Å². The summed E-state index contributed by atoms with van der Waals surface area (Å²) in [6, 6.07) is 5.13. The van der Waals surface area contributed by atoms with E-state index in [2.05, 4.69) is 15.4 Å². The molecule has 1 aromatic rings. The lowest BCUT2D eigenvalue weighted by Crippen LogP contribution is -2.45. The second-order valence-corrected chi connectivity index (χ2v) is 10.2. The topological polar surface area (TPSA) is 76.7 Å². The van der Waals surface area contributed by atoms with E-state index >= 15 is 0 Å². The van der Waals surface area contributed by atoms with Gasteiger partial charge in [-0.1, -0.05) is 32.6 Å². The molecule has 6 nitrogen and oxygen atoms in total. The van der Waals surface area contributed by atoms with Gasteiger partial charge in [0.1, 0.15) is 11.4 Å². The molecule has 0 radical (unpaired) electrons. The van der Waals surface area contributed by atoms with Crippen molar-refractivity contribution in [1.29, 1.82) is 0 Å². The van der Waals surface area contributed by atoms with E-state index in [1.165, 1.54) is 24.3 Å². The number of halogens is 3. The summed E-state index contributed by atoms with van der Waals surface area (Å²) in [6.07, 6.45) is 0.331. The molecule has 1 aromatic carbocycles. The SMILES string of the molecule is CC(CNc1ccc(OC(F)(F)F)cc1)NC(=O)C(CC1CCCC1)C(C)C(=O)OC(C)(C)C. The largest absolute Gasteiger partial charge is 0.573 e. The van der Waals surface area contributed by atoms with Crippen LogP contribution in [0, 0.1) is 17.8 Å². The van der Waals surface area contributed by atoms with E-state index in [0.717, 1.165) is 25.7 Å². The monoisotopic (exact) mass is 486 g/mol. The number of hydrogen-bond acceptors (Lipinski definition) is 5. The lowest BCUT2D eigenvalue weighted by molar-refractivity contribution is -0.274. The average Bonchev–Trinajstić information content (AvgIpc) is 3.22. The molecule has 1 fully saturated rings. The van der Waals surface area contributed by atoms with Crippen LogP contribution < -0.4 is 15.4 Å². The second-order valence-electron chi connectivity index (χ2n) is 10.2. The van der Waals surface area contributed by atoms with Gasteiger partial charge in [0.2, 0.25) is 5.91 Å². The van der Waals surface area contributed by atoms with Gasteiger partial charge in [-0.2, -0.15) is 0 Å². The minimum Gasteiger partial charge on any atom is -0.460 e. The summed E-state index contributed by atoms with van der Waals surface area (Å²) >= 11 is 0. The molecule has 0 spiro atoms. The molecule has 1 amide bonds. The number of carbonyl (C=O) groups excluding carboxylic acids is 2. The Morgan fingerprint density at radius 1 is 1.06 bits per heavy atom. The standard InChI is InChI=1S/C25H37F3N2O4/c1-16(15-29-19-10-12-20(13-11-19)33-25(26,27)28)30-22(31)21(14-18-8-6-7-9-18)17(2)23(32)34-24(3,4)5/h10-13,16-18,21,29H,6-9,14-15H2,1-5H3,(H,30,31). The summed E-state index contributed by atoms with van der Waals surface area (Å²) in [5.41, 5.74) is -0.0299. The minimum absolute atomic E-state index is 0.187. The lowest BCUT2D eigenvalue weighted by Gasteiger charge is -2.29. The molecule has 0 saturated heterocycles. The van der Waals surface area contributed by atoms with Crippen LogP contribution >= 0.6 is 0 Å². The van der Waals surface area contributed by atoms with Crippen molar-refractivity contribution in [3.05, 3.63) is 24.3 Å². The zero-order chi connectivity index (χ0) is 25.5. The predicted molar refractivity (Wildman–Crippen MR) is 124 cm³/mol. The molecular formula is C25H37F3N2O4. The molecular weight excluding hydrogens is 449 g/mol. The van der Waals surface area contributed by atoms with Gasteiger partial charge in [0.15, 0.2) is 0 Å². The molecule has 0 aromatic heterocycles. The van der Waals surface area contributed by atoms with Crippen LogP contribution in [0.4, 0.5) is 18.9 Å². The molecule has 0 heterocycles. The van der Waals surface area contributed by atoms with Crippen molar-refractivity contribution < 1.29 is 32.2 Å². The molecule has 2 N–H and O–H groups in total. The van der Waals surface area contributed by atoms with E-state index in [9.17, 15) is 22.8 Å². The molecule has 3 unspecified atom stereocenters. The van der Waals surface area contributed by atoms with Gasteiger partial charge in [0.05, 0.1) is 11.8 Å². The third kappa shape index (κ3) is 9.81. The highest BCUT2D eigenvalue weighted by Crippen LogP contribution is 2.34. The van der Waals surface area contributed by atoms with E-state index in [1.54, 1.807) is 27.7 Å². The quantitative estimate of drug-likeness (QED) is 0.417. The lowest BCUT2D eigenvalue weighted by atomic mass is 9.83. The number of esters is 1. The number of rotatable bonds is 10. The summed E-state index contributed by atoms with van der Waals surface area (Å²) in [7, 11) is 0. The van der Waals surface area contributed by atoms with Gasteiger partial charge in [-0.05, 0) is 64.3 Å². The van der Waals surface area contributed by atoms with Crippen LogP contribution in [0.25, 0.3) is 0 Å². The van der Waals surface area contributed by atoms with E-state index < -0.39 is 23.8 Å². The van der Waals surface area contributed by atoms with Crippen molar-refractivity contribution in [1.82, 2.24) is 5.32 Å². The average molecular weight is 487 g/mol. The zero-order valence-electron chi connectivity index (χ0n) is 20.6. The molecule has 1 aliphatic rings. The van der Waals surface area contributed by atoms with Crippen molar-refractivity contribution in [3.63, 3.8) is 0 Å². The molecule has 1 aliphatic carbocycles. The molecule has 2 rings (SSSR count). The van der Waals surface area contributed by atoms with E-state index in [4.69, 9.17) is 4.74 Å². The van der Waals surface area contributed by atoms with E-state index in [0.29, 0.717) is 24.6 Å². The van der Waals surface area contributed by atoms with Crippen LogP contribution in [0.15, 0.2) is 24.3 Å². The van der Waals surface area contributed by atoms with Crippen molar-refractivity contribution in [2.75, 3.05) is 11.9 Å². The smallest absolute Gasteiger partial charge is 0.460 e. The Morgan fingerprint density at radius 2 is 1.65 bits per heavy atom. The van der Waals surface area contributed by atoms with Crippen LogP contribution in [0.3, 0.4) is 0 Å². The summed E-state index contributed by atoms with van der Waals surface area (Å²) in [6.45, 7) is 9.36. The predicted octanol–water partition coefficient (Wildman–Crippen LogP) is 5.68. The van der Waals surface area contributed by atoms with Gasteiger partial charge < -0.3 is 20.1 Å². The maximum absolute atomic E-state index is 13.2. The number of alkyl halides is 3. The molecule has 0 aliphatic heterocycles. The Kier molecular flexibility index (Phi) is 9.64. The Morgan fingerprint density at radius 3 is 2.18 bits per heavy atom. The third-order valence-electron chi connectivity index (χ3n) is 5.87. The van der Waals surface area contributed by atoms with Gasteiger partial charge in [-0.25, -0.2) is 0 Å². The van der Waals surface area contributed by atoms with Crippen LogP contribution in [0.2, 0.25) is 0 Å². The highest BCUT2D eigenvalue weighted by Gasteiger charge is 2.36. The fraction of sp³-hybridized carbons (Fsp3) is 0.680. The molecule has 1 saturated carbocycles. The van der Waals surface area contributed by atoms with Gasteiger partial charge in [0, 0.05) is 18.3 Å². The first-order valence-corrected chi connectivity index (χ1v) is 11.9. The van der Waals surface area contributed by atoms with Crippen LogP contribution in [0.1, 0.15) is 66.7 Å². The minimum atomic E-state index is -4.74. The Balaban J connectivity index is 1.95. The Bertz CT molecular complexity index is 800. The number of amides is 1. The molecule has 3 atom stereocenters. The summed E-state index contributed by atoms with van der Waals surface area (Å²) < 4.78 is 46.3. The molecule has 0 bridgehead atoms. The van der Waals surface area contributed by atoms with Crippen LogP contribution in [0.5, 0.6) is 5.75 Å². The molecule has 9 heteroatoms. The maximum atomic E-state index is 13.2. The molecule has 34 heavy (non-hydrogen) atoms. The van der Waals surface area contributed by atoms with Crippen LogP contribution in [-0.4, -0.2) is 36.4 Å². The first kappa shape index (κ1) is 27.8. The fourth-order valence-electron chi connectivity index (χ4n) is 4.15. The summed E-state index contributed by atoms with van der Waals surface area (Å²) in [5, 5.41) is 6.07. The Hall–Kier alpha value is -2.45. The summed E-state index contributed by atoms with van der Waals surface area (Å²) in [5.74, 6) is -1.50. The number of anilines is 1. The first-order chi connectivity index (χ1) is 15.7. The first-order valence-electron chi connectivity index (χ1n) is 11.9. The van der Waals surface area contributed by atoms with Crippen molar-refractivity contribution in [2.45, 2.75) is 84.7 Å². The highest BCUT2D eigenvalue weighted by molar-refractivity contribution is 5.85. The Labute approximate surface area is 200 Å². The van der Waals surface area contributed by atoms with E-state index in [-0.39, 0.29) is 23.7 Å². The molecule has 192 valence electrons. The normalized spacial score (nSPS) is 17.5. The number of benzene rings is 1.